The van der Waals surface area contributed by atoms with Gasteiger partial charge in [-0.1, -0.05) is 36.7 Å². The number of nitrogens with two attached hydrogens (primary N) is 1. The van der Waals surface area contributed by atoms with Gasteiger partial charge in [0.15, 0.2) is 0 Å². The van der Waals surface area contributed by atoms with Gasteiger partial charge in [-0.3, -0.25) is 0 Å². The summed E-state index contributed by atoms with van der Waals surface area (Å²) in [6.07, 6.45) is 1.83. The first-order valence-corrected chi connectivity index (χ1v) is 6.80. The van der Waals surface area contributed by atoms with Crippen LogP contribution in [0.1, 0.15) is 25.6 Å². The molecule has 2 N–H and O–H groups in total. The number of halogens is 2. The van der Waals surface area contributed by atoms with E-state index in [0.29, 0.717) is 10.9 Å². The van der Waals surface area contributed by atoms with Gasteiger partial charge in [0.2, 0.25) is 0 Å². The molecule has 0 radical (unpaired) electrons. The molecule has 2 rings (SSSR count). The summed E-state index contributed by atoms with van der Waals surface area (Å²) in [4.78, 5) is 0. The molecule has 0 aliphatic rings. The van der Waals surface area contributed by atoms with E-state index >= 15 is 0 Å². The lowest BCUT2D eigenvalue weighted by Gasteiger charge is -2.11. The minimum Gasteiger partial charge on any atom is -0.322 e. The number of hydrogen-bond acceptors (Lipinski definition) is 3. The molecule has 0 saturated carbocycles. The predicted octanol–water partition coefficient (Wildman–Crippen LogP) is 3.34. The molecule has 0 spiro atoms. The molecule has 18 heavy (non-hydrogen) atoms. The average Bonchev–Trinajstić information content (AvgIpc) is 2.80. The fourth-order valence-electron chi connectivity index (χ4n) is 1.56. The lowest BCUT2D eigenvalue weighted by Crippen LogP contribution is -2.17. The summed E-state index contributed by atoms with van der Waals surface area (Å²) in [6, 6.07) is 5.48. The Morgan fingerprint density at radius 3 is 2.78 bits per heavy atom. The van der Waals surface area contributed by atoms with Gasteiger partial charge < -0.3 is 5.73 Å². The van der Waals surface area contributed by atoms with E-state index in [0.717, 1.165) is 15.9 Å². The Labute approximate surface area is 119 Å². The summed E-state index contributed by atoms with van der Waals surface area (Å²) in [7, 11) is 0. The zero-order valence-corrected chi connectivity index (χ0v) is 12.5. The summed E-state index contributed by atoms with van der Waals surface area (Å²) < 4.78 is 2.47. The largest absolute Gasteiger partial charge is 0.322 e. The van der Waals surface area contributed by atoms with E-state index < -0.39 is 0 Å². The van der Waals surface area contributed by atoms with E-state index in [1.807, 2.05) is 24.4 Å². The highest BCUT2D eigenvalue weighted by Gasteiger charge is 2.16. The molecule has 0 aliphatic carbocycles. The van der Waals surface area contributed by atoms with Gasteiger partial charge in [-0.15, -0.1) is 5.10 Å². The van der Waals surface area contributed by atoms with Crippen molar-refractivity contribution in [1.82, 2.24) is 15.0 Å². The number of hydrogen-bond donors (Lipinski definition) is 1. The Morgan fingerprint density at radius 2 is 2.11 bits per heavy atom. The van der Waals surface area contributed by atoms with Crippen LogP contribution in [0.5, 0.6) is 0 Å². The molecule has 1 heterocycles. The van der Waals surface area contributed by atoms with Gasteiger partial charge >= 0.3 is 0 Å². The topological polar surface area (TPSA) is 56.7 Å². The SMILES string of the molecule is CC(C)C(N)c1cn(-c2cccc(Cl)c2Br)nn1. The Bertz CT molecular complexity index is 553. The van der Waals surface area contributed by atoms with Gasteiger partial charge in [0.05, 0.1) is 27.4 Å². The lowest BCUT2D eigenvalue weighted by molar-refractivity contribution is 0.502. The first-order valence-electron chi connectivity index (χ1n) is 5.63. The van der Waals surface area contributed by atoms with Crippen LogP contribution in [0, 0.1) is 5.92 Å². The van der Waals surface area contributed by atoms with Crippen molar-refractivity contribution in [3.63, 3.8) is 0 Å². The van der Waals surface area contributed by atoms with Crippen LogP contribution in [0.2, 0.25) is 5.02 Å². The molecule has 1 aromatic heterocycles. The number of aromatic nitrogens is 3. The lowest BCUT2D eigenvalue weighted by atomic mass is 10.0. The van der Waals surface area contributed by atoms with Crippen molar-refractivity contribution < 1.29 is 0 Å². The van der Waals surface area contributed by atoms with Gasteiger partial charge in [0, 0.05) is 0 Å². The Hall–Kier alpha value is -0.910. The second-order valence-corrected chi connectivity index (χ2v) is 5.63. The van der Waals surface area contributed by atoms with Crippen LogP contribution in [0.25, 0.3) is 5.69 Å². The van der Waals surface area contributed by atoms with E-state index in [9.17, 15) is 0 Å². The highest BCUT2D eigenvalue weighted by molar-refractivity contribution is 9.10. The molecule has 0 amide bonds. The Morgan fingerprint density at radius 1 is 1.39 bits per heavy atom. The first-order chi connectivity index (χ1) is 8.50. The summed E-state index contributed by atoms with van der Waals surface area (Å²) in [6.45, 7) is 4.11. The Balaban J connectivity index is 2.38. The van der Waals surface area contributed by atoms with Crippen molar-refractivity contribution in [3.8, 4) is 5.69 Å². The molecular formula is C12H14BrClN4. The molecule has 0 saturated heterocycles. The van der Waals surface area contributed by atoms with Gasteiger partial charge in [-0.25, -0.2) is 4.68 Å². The van der Waals surface area contributed by atoms with Gasteiger partial charge in [0.1, 0.15) is 5.69 Å². The van der Waals surface area contributed by atoms with Crippen molar-refractivity contribution in [3.05, 3.63) is 39.6 Å². The smallest absolute Gasteiger partial charge is 0.100 e. The van der Waals surface area contributed by atoms with Crippen molar-refractivity contribution in [1.29, 1.82) is 0 Å². The molecule has 6 heteroatoms. The number of benzene rings is 1. The molecule has 0 bridgehead atoms. The molecule has 0 fully saturated rings. The van der Waals surface area contributed by atoms with E-state index in [-0.39, 0.29) is 6.04 Å². The third kappa shape index (κ3) is 2.58. The Kier molecular flexibility index (Phi) is 4.04. The number of rotatable bonds is 3. The van der Waals surface area contributed by atoms with Crippen LogP contribution in [-0.4, -0.2) is 15.0 Å². The van der Waals surface area contributed by atoms with Crippen LogP contribution in [0.4, 0.5) is 0 Å². The zero-order valence-electron chi connectivity index (χ0n) is 10.1. The molecular weight excluding hydrogens is 316 g/mol. The second-order valence-electron chi connectivity index (χ2n) is 4.43. The molecule has 96 valence electrons. The van der Waals surface area contributed by atoms with Crippen molar-refractivity contribution in [2.75, 3.05) is 0 Å². The summed E-state index contributed by atoms with van der Waals surface area (Å²) in [5.41, 5.74) is 7.66. The summed E-state index contributed by atoms with van der Waals surface area (Å²) >= 11 is 9.49. The van der Waals surface area contributed by atoms with Gasteiger partial charge in [-0.2, -0.15) is 0 Å². The monoisotopic (exact) mass is 328 g/mol. The highest BCUT2D eigenvalue weighted by atomic mass is 79.9. The van der Waals surface area contributed by atoms with E-state index in [4.69, 9.17) is 17.3 Å². The van der Waals surface area contributed by atoms with Crippen LogP contribution >= 0.6 is 27.5 Å². The summed E-state index contributed by atoms with van der Waals surface area (Å²) in [5.74, 6) is 0.318. The van der Waals surface area contributed by atoms with Gasteiger partial charge in [0.25, 0.3) is 0 Å². The molecule has 4 nitrogen and oxygen atoms in total. The fraction of sp³-hybridized carbons (Fsp3) is 0.333. The molecule has 0 aliphatic heterocycles. The zero-order chi connectivity index (χ0) is 13.3. The molecule has 1 unspecified atom stereocenters. The van der Waals surface area contributed by atoms with E-state index in [1.54, 1.807) is 4.68 Å². The standard InChI is InChI=1S/C12H14BrClN4/c1-7(2)12(15)9-6-18(17-16-9)10-5-3-4-8(14)11(10)13/h3-7,12H,15H2,1-2H3. The third-order valence-electron chi connectivity index (χ3n) is 2.75. The maximum Gasteiger partial charge on any atom is 0.100 e. The predicted molar refractivity (Wildman–Crippen MR) is 75.8 cm³/mol. The number of nitrogens with zero attached hydrogens (tertiary/aromatic N) is 3. The van der Waals surface area contributed by atoms with Crippen molar-refractivity contribution in [2.45, 2.75) is 19.9 Å². The summed E-state index contributed by atoms with van der Waals surface area (Å²) in [5, 5.41) is 8.84. The quantitative estimate of drug-likeness (QED) is 0.939. The van der Waals surface area contributed by atoms with Crippen LogP contribution in [0.3, 0.4) is 0 Å². The molecule has 1 aromatic carbocycles. The van der Waals surface area contributed by atoms with Crippen molar-refractivity contribution in [2.24, 2.45) is 11.7 Å². The first kappa shape index (κ1) is 13.5. The van der Waals surface area contributed by atoms with Crippen LogP contribution in [0.15, 0.2) is 28.9 Å². The molecule has 2 aromatic rings. The maximum absolute atomic E-state index is 6.05. The van der Waals surface area contributed by atoms with Crippen LogP contribution in [-0.2, 0) is 0 Å². The maximum atomic E-state index is 6.05. The van der Waals surface area contributed by atoms with Crippen molar-refractivity contribution >= 4 is 27.5 Å². The minimum absolute atomic E-state index is 0.114. The minimum atomic E-state index is -0.114. The second kappa shape index (κ2) is 5.38. The van der Waals surface area contributed by atoms with Crippen LogP contribution < -0.4 is 5.73 Å². The average molecular weight is 330 g/mol. The van der Waals surface area contributed by atoms with E-state index in [1.165, 1.54) is 0 Å². The normalized spacial score (nSPS) is 13.0. The molecule has 1 atom stereocenters. The van der Waals surface area contributed by atoms with Gasteiger partial charge in [-0.05, 0) is 34.0 Å². The highest BCUT2D eigenvalue weighted by Crippen LogP contribution is 2.29. The third-order valence-corrected chi connectivity index (χ3v) is 4.13. The fourth-order valence-corrected chi connectivity index (χ4v) is 2.17. The van der Waals surface area contributed by atoms with E-state index in [2.05, 4.69) is 40.1 Å².